The zero-order chi connectivity index (χ0) is 10.9. The second kappa shape index (κ2) is 8.08. The van der Waals surface area contributed by atoms with E-state index in [0.717, 1.165) is 0 Å². The summed E-state index contributed by atoms with van der Waals surface area (Å²) in [4.78, 5) is 0. The first-order valence-electron chi connectivity index (χ1n) is 6.24. The number of allylic oxidation sites excluding steroid dienone is 2. The Morgan fingerprint density at radius 2 is 1.43 bits per heavy atom. The van der Waals surface area contributed by atoms with E-state index in [0.29, 0.717) is 5.41 Å². The second-order valence-corrected chi connectivity index (χ2v) is 5.32. The Bertz CT molecular complexity index is 137. The number of hydrogen-bond donors (Lipinski definition) is 0. The molecule has 0 spiro atoms. The molecular weight excluding hydrogens is 168 g/mol. The molecule has 0 radical (unpaired) electrons. The first-order chi connectivity index (χ1) is 6.56. The van der Waals surface area contributed by atoms with Crippen LogP contribution in [0.1, 0.15) is 72.6 Å². The lowest BCUT2D eigenvalue weighted by Crippen LogP contribution is -1.97. The highest BCUT2D eigenvalue weighted by Gasteiger charge is 2.02. The molecule has 84 valence electrons. The minimum atomic E-state index is 0.363. The Balaban J connectivity index is 3.17. The van der Waals surface area contributed by atoms with Crippen LogP contribution in [0.3, 0.4) is 0 Å². The fourth-order valence-electron chi connectivity index (χ4n) is 1.48. The molecule has 0 atom stereocenters. The van der Waals surface area contributed by atoms with Crippen molar-refractivity contribution >= 4 is 0 Å². The van der Waals surface area contributed by atoms with Crippen molar-refractivity contribution in [2.45, 2.75) is 72.6 Å². The largest absolute Gasteiger partial charge is 0.0880 e. The molecule has 0 aliphatic rings. The van der Waals surface area contributed by atoms with Gasteiger partial charge in [0.25, 0.3) is 0 Å². The third-order valence-electron chi connectivity index (χ3n) is 2.34. The topological polar surface area (TPSA) is 0 Å². The first kappa shape index (κ1) is 13.7. The molecule has 0 aliphatic carbocycles. The van der Waals surface area contributed by atoms with E-state index in [4.69, 9.17) is 0 Å². The molecule has 14 heavy (non-hydrogen) atoms. The van der Waals surface area contributed by atoms with Gasteiger partial charge in [0.2, 0.25) is 0 Å². The maximum Gasteiger partial charge on any atom is -0.0203 e. The van der Waals surface area contributed by atoms with Gasteiger partial charge in [0.15, 0.2) is 0 Å². The van der Waals surface area contributed by atoms with Gasteiger partial charge in [-0.2, -0.15) is 0 Å². The second-order valence-electron chi connectivity index (χ2n) is 5.32. The third kappa shape index (κ3) is 11.7. The molecule has 0 nitrogen and oxygen atoms in total. The fourth-order valence-corrected chi connectivity index (χ4v) is 1.48. The first-order valence-corrected chi connectivity index (χ1v) is 6.24. The third-order valence-corrected chi connectivity index (χ3v) is 2.34. The predicted octanol–water partition coefficient (Wildman–Crippen LogP) is 5.34. The van der Waals surface area contributed by atoms with Crippen molar-refractivity contribution in [1.82, 2.24) is 0 Å². The highest BCUT2D eigenvalue weighted by Crippen LogP contribution is 2.15. The van der Waals surface area contributed by atoms with Crippen molar-refractivity contribution in [2.75, 3.05) is 0 Å². The van der Waals surface area contributed by atoms with Crippen LogP contribution in [0.2, 0.25) is 0 Å². The van der Waals surface area contributed by atoms with Crippen LogP contribution in [0.5, 0.6) is 0 Å². The Hall–Kier alpha value is -0.260. The summed E-state index contributed by atoms with van der Waals surface area (Å²) in [5.74, 6) is 0. The average molecular weight is 196 g/mol. The van der Waals surface area contributed by atoms with Crippen molar-refractivity contribution in [2.24, 2.45) is 5.41 Å². The molecule has 0 aliphatic heterocycles. The van der Waals surface area contributed by atoms with Crippen molar-refractivity contribution in [3.05, 3.63) is 12.2 Å². The van der Waals surface area contributed by atoms with Crippen LogP contribution in [0.15, 0.2) is 12.2 Å². The van der Waals surface area contributed by atoms with Crippen LogP contribution in [0.25, 0.3) is 0 Å². The van der Waals surface area contributed by atoms with Gasteiger partial charge < -0.3 is 0 Å². The predicted molar refractivity (Wildman–Crippen MR) is 66.6 cm³/mol. The fraction of sp³-hybridized carbons (Fsp3) is 0.857. The average Bonchev–Trinajstić information content (AvgIpc) is 2.08. The van der Waals surface area contributed by atoms with Crippen LogP contribution in [-0.2, 0) is 0 Å². The Labute approximate surface area is 90.8 Å². The Morgan fingerprint density at radius 1 is 0.857 bits per heavy atom. The van der Waals surface area contributed by atoms with Crippen molar-refractivity contribution < 1.29 is 0 Å². The Kier molecular flexibility index (Phi) is 7.93. The molecule has 0 heteroatoms. The summed E-state index contributed by atoms with van der Waals surface area (Å²) >= 11 is 0. The van der Waals surface area contributed by atoms with E-state index < -0.39 is 0 Å². The van der Waals surface area contributed by atoms with Gasteiger partial charge in [0.05, 0.1) is 0 Å². The van der Waals surface area contributed by atoms with Gasteiger partial charge >= 0.3 is 0 Å². The molecule has 0 saturated carbocycles. The maximum absolute atomic E-state index is 2.35. The molecule has 0 rings (SSSR count). The number of unbranched alkanes of at least 4 members (excludes halogenated alkanes) is 6. The highest BCUT2D eigenvalue weighted by atomic mass is 14.1. The zero-order valence-corrected chi connectivity index (χ0v) is 10.6. The van der Waals surface area contributed by atoms with E-state index in [9.17, 15) is 0 Å². The van der Waals surface area contributed by atoms with E-state index in [-0.39, 0.29) is 0 Å². The lowest BCUT2D eigenvalue weighted by atomic mass is 9.95. The SMILES string of the molecule is CCCCCCCC/C=C\C(C)(C)C. The van der Waals surface area contributed by atoms with E-state index in [1.165, 1.54) is 44.9 Å². The molecule has 0 heterocycles. The summed E-state index contributed by atoms with van der Waals surface area (Å²) in [5.41, 5.74) is 0.363. The molecule has 0 amide bonds. The van der Waals surface area contributed by atoms with Crippen LogP contribution in [0, 0.1) is 5.41 Å². The molecular formula is C14H28. The Morgan fingerprint density at radius 3 is 2.00 bits per heavy atom. The maximum atomic E-state index is 2.35. The summed E-state index contributed by atoms with van der Waals surface area (Å²) in [6.07, 6.45) is 14.4. The van der Waals surface area contributed by atoms with Crippen LogP contribution < -0.4 is 0 Å². The molecule has 0 bridgehead atoms. The highest BCUT2D eigenvalue weighted by molar-refractivity contribution is 4.91. The van der Waals surface area contributed by atoms with Crippen molar-refractivity contribution in [3.8, 4) is 0 Å². The molecule has 0 N–H and O–H groups in total. The smallest absolute Gasteiger partial charge is 0.0203 e. The van der Waals surface area contributed by atoms with Gasteiger partial charge in [0.1, 0.15) is 0 Å². The lowest BCUT2D eigenvalue weighted by Gasteiger charge is -2.10. The van der Waals surface area contributed by atoms with E-state index in [2.05, 4.69) is 39.8 Å². The molecule has 0 aromatic heterocycles. The van der Waals surface area contributed by atoms with Gasteiger partial charge in [-0.25, -0.2) is 0 Å². The van der Waals surface area contributed by atoms with Gasteiger partial charge in [-0.05, 0) is 18.3 Å². The molecule has 0 saturated heterocycles. The minimum absolute atomic E-state index is 0.363. The zero-order valence-electron chi connectivity index (χ0n) is 10.6. The van der Waals surface area contributed by atoms with Gasteiger partial charge in [0, 0.05) is 0 Å². The molecule has 0 aromatic carbocycles. The summed E-state index contributed by atoms with van der Waals surface area (Å²) in [5, 5.41) is 0. The standard InChI is InChI=1S/C14H28/c1-5-6-7-8-9-10-11-12-13-14(2,3)4/h12-13H,5-11H2,1-4H3/b13-12-. The van der Waals surface area contributed by atoms with E-state index >= 15 is 0 Å². The summed E-state index contributed by atoms with van der Waals surface area (Å²) in [6, 6.07) is 0. The van der Waals surface area contributed by atoms with Gasteiger partial charge in [-0.15, -0.1) is 0 Å². The van der Waals surface area contributed by atoms with Crippen LogP contribution >= 0.6 is 0 Å². The van der Waals surface area contributed by atoms with Crippen LogP contribution in [-0.4, -0.2) is 0 Å². The minimum Gasteiger partial charge on any atom is -0.0880 e. The monoisotopic (exact) mass is 196 g/mol. The molecule has 0 aromatic rings. The van der Waals surface area contributed by atoms with Gasteiger partial charge in [-0.3, -0.25) is 0 Å². The number of rotatable bonds is 7. The quantitative estimate of drug-likeness (QED) is 0.381. The van der Waals surface area contributed by atoms with Crippen molar-refractivity contribution in [1.29, 1.82) is 0 Å². The normalized spacial score (nSPS) is 12.6. The molecule has 0 unspecified atom stereocenters. The van der Waals surface area contributed by atoms with Gasteiger partial charge in [-0.1, -0.05) is 72.0 Å². The van der Waals surface area contributed by atoms with Crippen LogP contribution in [0.4, 0.5) is 0 Å². The lowest BCUT2D eigenvalue weighted by molar-refractivity contribution is 0.540. The van der Waals surface area contributed by atoms with E-state index in [1.54, 1.807) is 0 Å². The van der Waals surface area contributed by atoms with Crippen molar-refractivity contribution in [3.63, 3.8) is 0 Å². The summed E-state index contributed by atoms with van der Waals surface area (Å²) < 4.78 is 0. The summed E-state index contributed by atoms with van der Waals surface area (Å²) in [6.45, 7) is 9.03. The molecule has 0 fully saturated rings. The summed E-state index contributed by atoms with van der Waals surface area (Å²) in [7, 11) is 0. The number of hydrogen-bond acceptors (Lipinski definition) is 0. The van der Waals surface area contributed by atoms with E-state index in [1.807, 2.05) is 0 Å².